The van der Waals surface area contributed by atoms with E-state index in [2.05, 4.69) is 15.3 Å². The Morgan fingerprint density at radius 1 is 1.33 bits per heavy atom. The summed E-state index contributed by atoms with van der Waals surface area (Å²) in [7, 11) is 0. The van der Waals surface area contributed by atoms with Gasteiger partial charge in [-0.2, -0.15) is 5.26 Å². The number of anilines is 2. The van der Waals surface area contributed by atoms with Gasteiger partial charge in [-0.05, 0) is 31.9 Å². The predicted molar refractivity (Wildman–Crippen MR) is 118 cm³/mol. The van der Waals surface area contributed by atoms with Gasteiger partial charge < -0.3 is 25.3 Å². The number of ether oxygens (including phenoxy) is 1. The second-order valence-electron chi connectivity index (χ2n) is 8.23. The zero-order chi connectivity index (χ0) is 23.1. The summed E-state index contributed by atoms with van der Waals surface area (Å²) in [6.45, 7) is 3.58. The molecule has 2 fully saturated rings. The Morgan fingerprint density at radius 2 is 2.09 bits per heavy atom. The Bertz CT molecular complexity index is 1270. The van der Waals surface area contributed by atoms with Gasteiger partial charge in [0.2, 0.25) is 0 Å². The van der Waals surface area contributed by atoms with E-state index in [1.165, 1.54) is 12.4 Å². The summed E-state index contributed by atoms with van der Waals surface area (Å²) in [6, 6.07) is 4.63. The fourth-order valence-corrected chi connectivity index (χ4v) is 4.21. The van der Waals surface area contributed by atoms with Crippen LogP contribution in [-0.2, 0) is 4.74 Å². The highest BCUT2D eigenvalue weighted by molar-refractivity contribution is 6.05. The molecule has 11 heteroatoms. The number of carbonyl (C=O) groups is 1. The van der Waals surface area contributed by atoms with E-state index in [0.29, 0.717) is 49.0 Å². The summed E-state index contributed by atoms with van der Waals surface area (Å²) in [6.07, 6.45) is 3.11. The van der Waals surface area contributed by atoms with Crippen LogP contribution in [0.2, 0.25) is 0 Å². The Balaban J connectivity index is 1.60. The van der Waals surface area contributed by atoms with Crippen molar-refractivity contribution in [2.75, 3.05) is 37.4 Å². The lowest BCUT2D eigenvalue weighted by atomic mass is 10.1. The van der Waals surface area contributed by atoms with E-state index in [1.54, 1.807) is 11.0 Å². The number of nitriles is 1. The molecule has 33 heavy (non-hydrogen) atoms. The fraction of sp³-hybridized carbons (Fsp3) is 0.409. The number of hydrogen-bond acceptors (Lipinski definition) is 8. The van der Waals surface area contributed by atoms with Crippen molar-refractivity contribution in [1.29, 1.82) is 5.26 Å². The smallest absolute Gasteiger partial charge is 0.259 e. The number of nitrogen functional groups attached to an aromatic ring is 1. The van der Waals surface area contributed by atoms with Gasteiger partial charge in [0.05, 0.1) is 30.3 Å². The van der Waals surface area contributed by atoms with E-state index in [0.717, 1.165) is 12.8 Å². The molecule has 2 aromatic heterocycles. The van der Waals surface area contributed by atoms with E-state index in [9.17, 15) is 10.1 Å². The minimum Gasteiger partial charge on any atom is -0.382 e. The second-order valence-corrected chi connectivity index (χ2v) is 8.23. The minimum atomic E-state index is -0.566. The zero-order valence-corrected chi connectivity index (χ0v) is 18.1. The number of halogens is 1. The summed E-state index contributed by atoms with van der Waals surface area (Å²) < 4.78 is 22.4. The van der Waals surface area contributed by atoms with Gasteiger partial charge in [0.1, 0.15) is 46.8 Å². The first-order chi connectivity index (χ1) is 16.0. The number of amides is 1. The van der Waals surface area contributed by atoms with Crippen molar-refractivity contribution >= 4 is 28.6 Å². The van der Waals surface area contributed by atoms with E-state index in [-0.39, 0.29) is 28.9 Å². The van der Waals surface area contributed by atoms with Crippen molar-refractivity contribution in [1.82, 2.24) is 24.4 Å². The highest BCUT2D eigenvalue weighted by atomic mass is 19.1. The minimum absolute atomic E-state index is 0.0382. The third-order valence-corrected chi connectivity index (χ3v) is 5.98. The van der Waals surface area contributed by atoms with E-state index < -0.39 is 11.9 Å². The summed E-state index contributed by atoms with van der Waals surface area (Å²) in [5.41, 5.74) is 7.04. The van der Waals surface area contributed by atoms with Crippen molar-refractivity contribution in [3.8, 4) is 6.07 Å². The largest absolute Gasteiger partial charge is 0.382 e. The number of carbonyl (C=O) groups excluding carboxylic acids is 1. The number of hydrogen-bond donors (Lipinski definition) is 2. The zero-order valence-electron chi connectivity index (χ0n) is 18.1. The molecule has 1 amide bonds. The number of aromatic nitrogens is 4. The number of benzene rings is 1. The molecular formula is C22H23FN8O2. The lowest BCUT2D eigenvalue weighted by Gasteiger charge is -2.27. The van der Waals surface area contributed by atoms with Crippen LogP contribution >= 0.6 is 0 Å². The molecule has 3 heterocycles. The van der Waals surface area contributed by atoms with Gasteiger partial charge in [-0.15, -0.1) is 0 Å². The summed E-state index contributed by atoms with van der Waals surface area (Å²) in [4.78, 5) is 27.7. The molecule has 10 nitrogen and oxygen atoms in total. The second kappa shape index (κ2) is 8.29. The van der Waals surface area contributed by atoms with Crippen LogP contribution in [0.3, 0.4) is 0 Å². The molecule has 0 radical (unpaired) electrons. The first-order valence-electron chi connectivity index (χ1n) is 10.8. The Hall–Kier alpha value is -3.78. The molecule has 2 aliphatic rings. The number of nitrogens with zero attached hydrogens (tertiary/aromatic N) is 6. The van der Waals surface area contributed by atoms with Gasteiger partial charge in [0.25, 0.3) is 5.91 Å². The number of nitrogens with two attached hydrogens (primary N) is 1. The monoisotopic (exact) mass is 450 g/mol. The Labute approximate surface area is 189 Å². The average Bonchev–Trinajstić information content (AvgIpc) is 3.59. The Kier molecular flexibility index (Phi) is 5.30. The number of rotatable bonds is 5. The van der Waals surface area contributed by atoms with Crippen LogP contribution in [0.15, 0.2) is 18.5 Å². The summed E-state index contributed by atoms with van der Waals surface area (Å²) in [5, 5.41) is 12.6. The van der Waals surface area contributed by atoms with Crippen LogP contribution in [0.4, 0.5) is 16.0 Å². The van der Waals surface area contributed by atoms with Crippen LogP contribution in [0.1, 0.15) is 53.6 Å². The molecule has 1 aliphatic carbocycles. The van der Waals surface area contributed by atoms with E-state index in [1.807, 2.05) is 17.6 Å². The third kappa shape index (κ3) is 3.72. The molecule has 1 aliphatic heterocycles. The maximum atomic E-state index is 15.1. The van der Waals surface area contributed by atoms with Gasteiger partial charge in [-0.25, -0.2) is 19.3 Å². The van der Waals surface area contributed by atoms with Crippen molar-refractivity contribution in [3.05, 3.63) is 41.2 Å². The van der Waals surface area contributed by atoms with Gasteiger partial charge in [0.15, 0.2) is 0 Å². The maximum absolute atomic E-state index is 15.1. The van der Waals surface area contributed by atoms with Crippen molar-refractivity contribution in [2.45, 2.75) is 31.8 Å². The number of nitrogens with one attached hydrogen (secondary N) is 1. The summed E-state index contributed by atoms with van der Waals surface area (Å²) >= 11 is 0. The fourth-order valence-electron chi connectivity index (χ4n) is 4.21. The Morgan fingerprint density at radius 3 is 2.79 bits per heavy atom. The molecule has 0 unspecified atom stereocenters. The molecule has 1 aromatic carbocycles. The quantitative estimate of drug-likeness (QED) is 0.605. The molecule has 0 bridgehead atoms. The SMILES string of the molecule is C[C@H](Nc1ncnc(N)c1C#N)c1nc2ccc(F)c(C(=O)N3CCOCC3)c2n1C1CC1. The van der Waals surface area contributed by atoms with Crippen molar-refractivity contribution in [2.24, 2.45) is 0 Å². The van der Waals surface area contributed by atoms with Crippen molar-refractivity contribution in [3.63, 3.8) is 0 Å². The molecule has 3 N–H and O–H groups in total. The predicted octanol–water partition coefficient (Wildman–Crippen LogP) is 2.40. The van der Waals surface area contributed by atoms with Gasteiger partial charge in [0, 0.05) is 19.1 Å². The molecule has 170 valence electrons. The molecule has 1 saturated carbocycles. The van der Waals surface area contributed by atoms with Gasteiger partial charge >= 0.3 is 0 Å². The molecule has 3 aromatic rings. The molecule has 1 atom stereocenters. The third-order valence-electron chi connectivity index (χ3n) is 5.98. The standard InChI is InChI=1S/C22H23FN8O2/c1-12(28-20-14(10-24)19(25)26-11-27-20)21-29-16-5-4-15(23)17(18(16)31(21)13-2-3-13)22(32)30-6-8-33-9-7-30/h4-5,11-13H,2-3,6-9H2,1H3,(H3,25,26,27,28)/t12-/m0/s1. The van der Waals surface area contributed by atoms with Gasteiger partial charge in [-0.1, -0.05) is 0 Å². The van der Waals surface area contributed by atoms with Crippen LogP contribution in [0, 0.1) is 17.1 Å². The van der Waals surface area contributed by atoms with Crippen LogP contribution < -0.4 is 11.1 Å². The number of imidazole rings is 1. The van der Waals surface area contributed by atoms with Crippen LogP contribution in [0.25, 0.3) is 11.0 Å². The lowest BCUT2D eigenvalue weighted by Crippen LogP contribution is -2.41. The molecule has 5 rings (SSSR count). The van der Waals surface area contributed by atoms with Crippen LogP contribution in [-0.4, -0.2) is 56.6 Å². The highest BCUT2D eigenvalue weighted by Crippen LogP contribution is 2.42. The topological polar surface area (TPSA) is 135 Å². The number of fused-ring (bicyclic) bond motifs is 1. The molecule has 1 saturated heterocycles. The van der Waals surface area contributed by atoms with Gasteiger partial charge in [-0.3, -0.25) is 4.79 Å². The van der Waals surface area contributed by atoms with Crippen molar-refractivity contribution < 1.29 is 13.9 Å². The molecular weight excluding hydrogens is 427 g/mol. The number of morpholine rings is 1. The molecule has 0 spiro atoms. The van der Waals surface area contributed by atoms with E-state index >= 15 is 4.39 Å². The average molecular weight is 450 g/mol. The first kappa shape index (κ1) is 21.1. The highest BCUT2D eigenvalue weighted by Gasteiger charge is 2.34. The first-order valence-corrected chi connectivity index (χ1v) is 10.8. The maximum Gasteiger partial charge on any atom is 0.259 e. The van der Waals surface area contributed by atoms with E-state index in [4.69, 9.17) is 15.5 Å². The normalized spacial score (nSPS) is 17.1. The summed E-state index contributed by atoms with van der Waals surface area (Å²) in [5.74, 6) is 0.0882. The lowest BCUT2D eigenvalue weighted by molar-refractivity contribution is 0.0301. The van der Waals surface area contributed by atoms with Crippen LogP contribution in [0.5, 0.6) is 0 Å².